The van der Waals surface area contributed by atoms with Crippen LogP contribution in [0.1, 0.15) is 26.7 Å². The number of rotatable bonds is 3. The zero-order valence-corrected chi connectivity index (χ0v) is 19.4. The molecule has 2 aliphatic rings. The van der Waals surface area contributed by atoms with E-state index in [4.69, 9.17) is 14.6 Å². The second-order valence-electron chi connectivity index (χ2n) is 8.32. The van der Waals surface area contributed by atoms with Crippen molar-refractivity contribution in [3.05, 3.63) is 42.5 Å². The van der Waals surface area contributed by atoms with Crippen molar-refractivity contribution < 1.29 is 27.5 Å². The quantitative estimate of drug-likeness (QED) is 0.732. The number of hydrogen-bond donors (Lipinski definition) is 1. The van der Waals surface area contributed by atoms with Gasteiger partial charge in [-0.15, -0.1) is 0 Å². The molecule has 0 aromatic heterocycles. The van der Waals surface area contributed by atoms with Crippen LogP contribution in [-0.4, -0.2) is 52.3 Å². The van der Waals surface area contributed by atoms with E-state index < -0.39 is 16.1 Å². The third kappa shape index (κ3) is 4.87. The van der Waals surface area contributed by atoms with Crippen LogP contribution in [-0.2, 0) is 24.3 Å². The summed E-state index contributed by atoms with van der Waals surface area (Å²) >= 11 is 0. The lowest BCUT2D eigenvalue weighted by molar-refractivity contribution is -0.117. The summed E-state index contributed by atoms with van der Waals surface area (Å²) in [7, 11) is -3.87. The summed E-state index contributed by atoms with van der Waals surface area (Å²) in [5, 5.41) is 5.28. The second-order valence-corrected chi connectivity index (χ2v) is 9.88. The van der Waals surface area contributed by atoms with Crippen LogP contribution in [0.4, 0.5) is 16.2 Å². The molecule has 176 valence electrons. The first kappa shape index (κ1) is 23.2. The number of benzene rings is 2. The Kier molecular flexibility index (Phi) is 6.42. The van der Waals surface area contributed by atoms with Crippen molar-refractivity contribution in [2.24, 2.45) is 5.14 Å². The third-order valence-electron chi connectivity index (χ3n) is 5.90. The fourth-order valence-corrected chi connectivity index (χ4v) is 4.87. The molecule has 1 atom stereocenters. The van der Waals surface area contributed by atoms with Crippen LogP contribution in [0.3, 0.4) is 0 Å². The number of nitrogens with zero attached hydrogens (tertiary/aromatic N) is 2. The van der Waals surface area contributed by atoms with Crippen LogP contribution >= 0.6 is 0 Å². The minimum atomic E-state index is -3.87. The van der Waals surface area contributed by atoms with Crippen molar-refractivity contribution in [1.29, 1.82) is 0 Å². The van der Waals surface area contributed by atoms with E-state index in [0.29, 0.717) is 48.6 Å². The molecule has 33 heavy (non-hydrogen) atoms. The molecule has 0 unspecified atom stereocenters. The predicted octanol–water partition coefficient (Wildman–Crippen LogP) is 2.88. The van der Waals surface area contributed by atoms with Gasteiger partial charge >= 0.3 is 6.09 Å². The standard InChI is InChI=1S/C23H27N3O6S/c1-15-14-25(23(28)32-19-8-10-31-11-9-19)22-13-18(6-7-21(22)26(15)16(2)27)17-4-3-5-20(12-17)33(24,29)30/h3-7,12-13,15,19H,8-11,14H2,1-2H3,(H2,24,29,30)/t15-/m0/s1. The lowest BCUT2D eigenvalue weighted by Gasteiger charge is -2.41. The van der Waals surface area contributed by atoms with Gasteiger partial charge < -0.3 is 14.4 Å². The molecule has 0 saturated carbocycles. The Bertz CT molecular complexity index is 1180. The summed E-state index contributed by atoms with van der Waals surface area (Å²) in [6, 6.07) is 11.4. The summed E-state index contributed by atoms with van der Waals surface area (Å²) in [6.45, 7) is 4.73. The topological polar surface area (TPSA) is 119 Å². The van der Waals surface area contributed by atoms with Gasteiger partial charge in [-0.3, -0.25) is 9.69 Å². The van der Waals surface area contributed by atoms with Gasteiger partial charge in [0.1, 0.15) is 6.10 Å². The van der Waals surface area contributed by atoms with Gasteiger partial charge in [-0.05, 0) is 42.3 Å². The average molecular weight is 474 g/mol. The molecule has 2 aliphatic heterocycles. The van der Waals surface area contributed by atoms with Crippen molar-refractivity contribution in [3.8, 4) is 11.1 Å². The minimum absolute atomic E-state index is 0.00695. The SMILES string of the molecule is CC(=O)N1c2ccc(-c3cccc(S(N)(=O)=O)c3)cc2N(C(=O)OC2CCOCC2)C[C@@H]1C. The van der Waals surface area contributed by atoms with Gasteiger partial charge in [-0.2, -0.15) is 0 Å². The largest absolute Gasteiger partial charge is 0.446 e. The molecule has 2 heterocycles. The molecule has 0 spiro atoms. The van der Waals surface area contributed by atoms with E-state index in [0.717, 1.165) is 0 Å². The number of ether oxygens (including phenoxy) is 2. The first-order valence-electron chi connectivity index (χ1n) is 10.8. The van der Waals surface area contributed by atoms with Crippen LogP contribution in [0.25, 0.3) is 11.1 Å². The first-order chi connectivity index (χ1) is 15.6. The summed E-state index contributed by atoms with van der Waals surface area (Å²) in [6.07, 6.45) is 0.586. The van der Waals surface area contributed by atoms with E-state index >= 15 is 0 Å². The highest BCUT2D eigenvalue weighted by Crippen LogP contribution is 2.39. The van der Waals surface area contributed by atoms with E-state index in [9.17, 15) is 18.0 Å². The predicted molar refractivity (Wildman–Crippen MR) is 124 cm³/mol. The van der Waals surface area contributed by atoms with E-state index in [-0.39, 0.29) is 29.5 Å². The Morgan fingerprint density at radius 3 is 2.42 bits per heavy atom. The Labute approximate surface area is 193 Å². The number of primary sulfonamides is 1. The fraction of sp³-hybridized carbons (Fsp3) is 0.391. The molecule has 4 rings (SSSR count). The molecule has 2 aromatic rings. The smallest absolute Gasteiger partial charge is 0.414 e. The van der Waals surface area contributed by atoms with Gasteiger partial charge in [-0.25, -0.2) is 18.4 Å². The Hall–Kier alpha value is -2.95. The number of nitrogens with two attached hydrogens (primary N) is 1. The highest BCUT2D eigenvalue weighted by Gasteiger charge is 2.35. The maximum Gasteiger partial charge on any atom is 0.414 e. The second kappa shape index (κ2) is 9.12. The Balaban J connectivity index is 1.74. The molecule has 0 radical (unpaired) electrons. The molecular weight excluding hydrogens is 446 g/mol. The number of sulfonamides is 1. The first-order valence-corrected chi connectivity index (χ1v) is 12.3. The van der Waals surface area contributed by atoms with E-state index in [1.807, 2.05) is 6.92 Å². The van der Waals surface area contributed by atoms with Crippen LogP contribution < -0.4 is 14.9 Å². The normalized spacial score (nSPS) is 19.2. The van der Waals surface area contributed by atoms with Crippen LogP contribution in [0.15, 0.2) is 47.4 Å². The molecule has 0 aliphatic carbocycles. The lowest BCUT2D eigenvalue weighted by Crippen LogP contribution is -2.52. The molecule has 1 saturated heterocycles. The third-order valence-corrected chi connectivity index (χ3v) is 6.82. The van der Waals surface area contributed by atoms with Gasteiger partial charge in [0.05, 0.1) is 35.5 Å². The Morgan fingerprint density at radius 2 is 1.76 bits per heavy atom. The summed E-state index contributed by atoms with van der Waals surface area (Å²) in [4.78, 5) is 28.7. The lowest BCUT2D eigenvalue weighted by atomic mass is 10.0. The molecule has 10 heteroatoms. The Morgan fingerprint density at radius 1 is 1.06 bits per heavy atom. The fourth-order valence-electron chi connectivity index (χ4n) is 4.31. The van der Waals surface area contributed by atoms with Crippen LogP contribution in [0.2, 0.25) is 0 Å². The number of carbonyl (C=O) groups excluding carboxylic acids is 2. The maximum atomic E-state index is 13.1. The van der Waals surface area contributed by atoms with Gasteiger partial charge in [0.25, 0.3) is 0 Å². The zero-order chi connectivity index (χ0) is 23.8. The summed E-state index contributed by atoms with van der Waals surface area (Å²) < 4.78 is 34.7. The summed E-state index contributed by atoms with van der Waals surface area (Å²) in [5.74, 6) is -0.134. The molecule has 0 bridgehead atoms. The van der Waals surface area contributed by atoms with Crippen molar-refractivity contribution >= 4 is 33.4 Å². The highest BCUT2D eigenvalue weighted by molar-refractivity contribution is 7.89. The van der Waals surface area contributed by atoms with Gasteiger partial charge in [0.15, 0.2) is 0 Å². The number of anilines is 2. The minimum Gasteiger partial charge on any atom is -0.446 e. The molecular formula is C23H27N3O6S. The van der Waals surface area contributed by atoms with Crippen molar-refractivity contribution in [2.45, 2.75) is 43.7 Å². The van der Waals surface area contributed by atoms with E-state index in [1.165, 1.54) is 19.1 Å². The number of hydrogen-bond acceptors (Lipinski definition) is 6. The molecule has 2 aromatic carbocycles. The van der Waals surface area contributed by atoms with Crippen LogP contribution in [0.5, 0.6) is 0 Å². The molecule has 2 amide bonds. The van der Waals surface area contributed by atoms with Crippen LogP contribution in [0, 0.1) is 0 Å². The van der Waals surface area contributed by atoms with Crippen molar-refractivity contribution in [1.82, 2.24) is 0 Å². The number of carbonyl (C=O) groups is 2. The zero-order valence-electron chi connectivity index (χ0n) is 18.6. The van der Waals surface area contributed by atoms with Gasteiger partial charge in [0.2, 0.25) is 15.9 Å². The van der Waals surface area contributed by atoms with Gasteiger partial charge in [0, 0.05) is 26.3 Å². The van der Waals surface area contributed by atoms with Crippen molar-refractivity contribution in [2.75, 3.05) is 29.6 Å². The summed E-state index contributed by atoms with van der Waals surface area (Å²) in [5.41, 5.74) is 2.42. The van der Waals surface area contributed by atoms with Crippen molar-refractivity contribution in [3.63, 3.8) is 0 Å². The van der Waals surface area contributed by atoms with E-state index in [2.05, 4.69) is 0 Å². The highest BCUT2D eigenvalue weighted by atomic mass is 32.2. The van der Waals surface area contributed by atoms with E-state index in [1.54, 1.807) is 40.1 Å². The molecule has 1 fully saturated rings. The number of amides is 2. The van der Waals surface area contributed by atoms with Gasteiger partial charge in [-0.1, -0.05) is 18.2 Å². The molecule has 2 N–H and O–H groups in total. The number of fused-ring (bicyclic) bond motifs is 1. The average Bonchev–Trinajstić information content (AvgIpc) is 2.78. The molecule has 9 nitrogen and oxygen atoms in total. The maximum absolute atomic E-state index is 13.1. The monoisotopic (exact) mass is 473 g/mol.